The molecule has 1 rings (SSSR count). The highest BCUT2D eigenvalue weighted by Gasteiger charge is 2.14. The van der Waals surface area contributed by atoms with E-state index in [2.05, 4.69) is 17.1 Å². The van der Waals surface area contributed by atoms with Gasteiger partial charge in [0, 0.05) is 6.54 Å². The van der Waals surface area contributed by atoms with Crippen molar-refractivity contribution in [3.8, 4) is 0 Å². The summed E-state index contributed by atoms with van der Waals surface area (Å²) >= 11 is 0. The van der Waals surface area contributed by atoms with Crippen LogP contribution in [0.25, 0.3) is 0 Å². The highest BCUT2D eigenvalue weighted by molar-refractivity contribution is 5.77. The smallest absolute Gasteiger partial charge is 0.233 e. The molecule has 16 heavy (non-hydrogen) atoms. The Labute approximate surface area is 98.6 Å². The van der Waals surface area contributed by atoms with E-state index in [0.29, 0.717) is 0 Å². The zero-order chi connectivity index (χ0) is 11.8. The summed E-state index contributed by atoms with van der Waals surface area (Å²) in [6.07, 6.45) is 4.89. The highest BCUT2D eigenvalue weighted by Crippen LogP contribution is 2.15. The molecule has 1 saturated heterocycles. The summed E-state index contributed by atoms with van der Waals surface area (Å²) in [6.45, 7) is 6.86. The van der Waals surface area contributed by atoms with Gasteiger partial charge < -0.3 is 16.0 Å². The number of hydrogen-bond acceptors (Lipinski definition) is 3. The molecular weight excluding hydrogens is 202 g/mol. The quantitative estimate of drug-likeness (QED) is 0.652. The molecule has 0 unspecified atom stereocenters. The highest BCUT2D eigenvalue weighted by atomic mass is 16.1. The Hall–Kier alpha value is -0.610. The zero-order valence-electron chi connectivity index (χ0n) is 10.4. The molecule has 1 amide bonds. The van der Waals surface area contributed by atoms with Gasteiger partial charge in [0.1, 0.15) is 0 Å². The molecule has 1 aliphatic heterocycles. The fourth-order valence-electron chi connectivity index (χ4n) is 2.05. The lowest BCUT2D eigenvalue weighted by atomic mass is 9.99. The second kappa shape index (κ2) is 7.63. The molecule has 0 aromatic heterocycles. The van der Waals surface area contributed by atoms with Gasteiger partial charge in [-0.05, 0) is 51.2 Å². The number of nitrogens with two attached hydrogens (primary N) is 1. The van der Waals surface area contributed by atoms with Crippen LogP contribution in [0, 0.1) is 5.92 Å². The summed E-state index contributed by atoms with van der Waals surface area (Å²) in [4.78, 5) is 13.4. The van der Waals surface area contributed by atoms with Crippen LogP contribution in [0.15, 0.2) is 0 Å². The standard InChI is InChI=1S/C12H25N3O/c1-11-4-8-15(9-5-11)7-3-2-6-14-12(16)10-13/h11H,2-10,13H2,1H3,(H,14,16). The molecular formula is C12H25N3O. The molecule has 94 valence electrons. The normalized spacial score (nSPS) is 18.6. The van der Waals surface area contributed by atoms with Gasteiger partial charge in [0.25, 0.3) is 0 Å². The molecule has 0 saturated carbocycles. The lowest BCUT2D eigenvalue weighted by Gasteiger charge is -2.30. The van der Waals surface area contributed by atoms with Gasteiger partial charge in [-0.25, -0.2) is 0 Å². The van der Waals surface area contributed by atoms with Crippen molar-refractivity contribution >= 4 is 5.91 Å². The van der Waals surface area contributed by atoms with Crippen LogP contribution in [0.5, 0.6) is 0 Å². The van der Waals surface area contributed by atoms with Crippen LogP contribution in [0.3, 0.4) is 0 Å². The predicted molar refractivity (Wildman–Crippen MR) is 66.1 cm³/mol. The molecule has 0 bridgehead atoms. The van der Waals surface area contributed by atoms with Crippen molar-refractivity contribution in [2.75, 3.05) is 32.7 Å². The van der Waals surface area contributed by atoms with Crippen LogP contribution in [0.1, 0.15) is 32.6 Å². The molecule has 0 radical (unpaired) electrons. The van der Waals surface area contributed by atoms with Gasteiger partial charge in [-0.3, -0.25) is 4.79 Å². The van der Waals surface area contributed by atoms with Crippen LogP contribution < -0.4 is 11.1 Å². The number of carbonyl (C=O) groups is 1. The summed E-state index contributed by atoms with van der Waals surface area (Å²) in [5.74, 6) is 0.854. The van der Waals surface area contributed by atoms with Crippen LogP contribution >= 0.6 is 0 Å². The Morgan fingerprint density at radius 1 is 1.38 bits per heavy atom. The number of rotatable bonds is 6. The maximum absolute atomic E-state index is 10.9. The first-order chi connectivity index (χ1) is 7.72. The van der Waals surface area contributed by atoms with E-state index < -0.39 is 0 Å². The first-order valence-electron chi connectivity index (χ1n) is 6.41. The summed E-state index contributed by atoms with van der Waals surface area (Å²) in [6, 6.07) is 0. The van der Waals surface area contributed by atoms with Crippen LogP contribution in [-0.4, -0.2) is 43.5 Å². The van der Waals surface area contributed by atoms with E-state index in [4.69, 9.17) is 5.73 Å². The molecule has 0 aromatic carbocycles. The first-order valence-corrected chi connectivity index (χ1v) is 6.41. The average Bonchev–Trinajstić information content (AvgIpc) is 2.31. The van der Waals surface area contributed by atoms with E-state index in [9.17, 15) is 4.79 Å². The molecule has 1 heterocycles. The molecule has 0 aromatic rings. The largest absolute Gasteiger partial charge is 0.355 e. The number of nitrogens with one attached hydrogen (secondary N) is 1. The first kappa shape index (κ1) is 13.5. The molecule has 1 aliphatic rings. The third-order valence-corrected chi connectivity index (χ3v) is 3.28. The van der Waals surface area contributed by atoms with Crippen molar-refractivity contribution in [1.29, 1.82) is 0 Å². The van der Waals surface area contributed by atoms with Crippen LogP contribution in [-0.2, 0) is 4.79 Å². The van der Waals surface area contributed by atoms with Gasteiger partial charge in [0.05, 0.1) is 6.54 Å². The maximum atomic E-state index is 10.9. The lowest BCUT2D eigenvalue weighted by molar-refractivity contribution is -0.119. The second-order valence-electron chi connectivity index (χ2n) is 4.79. The van der Waals surface area contributed by atoms with E-state index >= 15 is 0 Å². The Kier molecular flexibility index (Phi) is 6.42. The van der Waals surface area contributed by atoms with Crippen molar-refractivity contribution in [3.63, 3.8) is 0 Å². The third-order valence-electron chi connectivity index (χ3n) is 3.28. The van der Waals surface area contributed by atoms with Crippen molar-refractivity contribution in [3.05, 3.63) is 0 Å². The SMILES string of the molecule is CC1CCN(CCCCNC(=O)CN)CC1. The Balaban J connectivity index is 1.93. The van der Waals surface area contributed by atoms with Gasteiger partial charge in [0.15, 0.2) is 0 Å². The average molecular weight is 227 g/mol. The minimum Gasteiger partial charge on any atom is -0.355 e. The Bertz CT molecular complexity index is 200. The van der Waals surface area contributed by atoms with E-state index in [-0.39, 0.29) is 12.5 Å². The van der Waals surface area contributed by atoms with Gasteiger partial charge in [-0.15, -0.1) is 0 Å². The van der Waals surface area contributed by atoms with Crippen molar-refractivity contribution in [2.45, 2.75) is 32.6 Å². The van der Waals surface area contributed by atoms with Crippen molar-refractivity contribution in [1.82, 2.24) is 10.2 Å². The summed E-state index contributed by atoms with van der Waals surface area (Å²) in [7, 11) is 0. The fraction of sp³-hybridized carbons (Fsp3) is 0.917. The number of likely N-dealkylation sites (tertiary alicyclic amines) is 1. The van der Waals surface area contributed by atoms with Gasteiger partial charge in [-0.1, -0.05) is 6.92 Å². The van der Waals surface area contributed by atoms with Gasteiger partial charge in [0.2, 0.25) is 5.91 Å². The zero-order valence-corrected chi connectivity index (χ0v) is 10.4. The Morgan fingerprint density at radius 2 is 2.06 bits per heavy atom. The monoisotopic (exact) mass is 227 g/mol. The number of hydrogen-bond donors (Lipinski definition) is 2. The van der Waals surface area contributed by atoms with E-state index in [0.717, 1.165) is 18.9 Å². The van der Waals surface area contributed by atoms with Gasteiger partial charge >= 0.3 is 0 Å². The topological polar surface area (TPSA) is 58.4 Å². The minimum atomic E-state index is -0.0493. The molecule has 1 fully saturated rings. The molecule has 4 heteroatoms. The van der Waals surface area contributed by atoms with E-state index in [1.165, 1.54) is 38.9 Å². The minimum absolute atomic E-state index is 0.0493. The van der Waals surface area contributed by atoms with Crippen LogP contribution in [0.2, 0.25) is 0 Å². The maximum Gasteiger partial charge on any atom is 0.233 e. The fourth-order valence-corrected chi connectivity index (χ4v) is 2.05. The molecule has 0 atom stereocenters. The number of carbonyl (C=O) groups excluding carboxylic acids is 1. The molecule has 4 nitrogen and oxygen atoms in total. The predicted octanol–water partition coefficient (Wildman–Crippen LogP) is 0.573. The third kappa shape index (κ3) is 5.47. The lowest BCUT2D eigenvalue weighted by Crippen LogP contribution is -2.34. The molecule has 0 spiro atoms. The van der Waals surface area contributed by atoms with Crippen LogP contribution in [0.4, 0.5) is 0 Å². The second-order valence-corrected chi connectivity index (χ2v) is 4.79. The number of nitrogens with zero attached hydrogens (tertiary/aromatic N) is 1. The number of unbranched alkanes of at least 4 members (excludes halogenated alkanes) is 1. The Morgan fingerprint density at radius 3 is 2.69 bits per heavy atom. The van der Waals surface area contributed by atoms with Crippen molar-refractivity contribution < 1.29 is 4.79 Å². The number of piperidine rings is 1. The summed E-state index contributed by atoms with van der Waals surface area (Å²) in [5.41, 5.74) is 5.20. The van der Waals surface area contributed by atoms with E-state index in [1.807, 2.05) is 0 Å². The van der Waals surface area contributed by atoms with Gasteiger partial charge in [-0.2, -0.15) is 0 Å². The summed E-state index contributed by atoms with van der Waals surface area (Å²) < 4.78 is 0. The molecule has 0 aliphatic carbocycles. The van der Waals surface area contributed by atoms with E-state index in [1.54, 1.807) is 0 Å². The molecule has 3 N–H and O–H groups in total. The van der Waals surface area contributed by atoms with Crippen molar-refractivity contribution in [2.24, 2.45) is 11.7 Å². The number of amides is 1. The summed E-state index contributed by atoms with van der Waals surface area (Å²) in [5, 5.41) is 2.79.